The van der Waals surface area contributed by atoms with Gasteiger partial charge in [0, 0.05) is 51.0 Å². The lowest BCUT2D eigenvalue weighted by atomic mass is 9.99. The lowest BCUT2D eigenvalue weighted by molar-refractivity contribution is -0.122. The van der Waals surface area contributed by atoms with Crippen molar-refractivity contribution in [2.45, 2.75) is 46.5 Å². The minimum Gasteiger partial charge on any atom is -0.368 e. The van der Waals surface area contributed by atoms with E-state index < -0.39 is 0 Å². The number of unbranched alkanes of at least 4 members (excludes halogenated alkanes) is 1. The molecule has 3 heterocycles. The predicted octanol–water partition coefficient (Wildman–Crippen LogP) is 5.31. The van der Waals surface area contributed by atoms with Crippen LogP contribution in [0.2, 0.25) is 0 Å². The Bertz CT molecular complexity index is 1350. The molecule has 0 bridgehead atoms. The Hall–Kier alpha value is -3.09. The second-order valence-electron chi connectivity index (χ2n) is 10.2. The predicted molar refractivity (Wildman–Crippen MR) is 165 cm³/mol. The summed E-state index contributed by atoms with van der Waals surface area (Å²) in [7, 11) is 1.71. The molecule has 2 fully saturated rings. The first-order chi connectivity index (χ1) is 18.8. The van der Waals surface area contributed by atoms with Crippen LogP contribution in [0.15, 0.2) is 40.0 Å². The van der Waals surface area contributed by atoms with Gasteiger partial charge in [-0.3, -0.25) is 19.1 Å². The zero-order valence-electron chi connectivity index (χ0n) is 23.3. The summed E-state index contributed by atoms with van der Waals surface area (Å²) in [6.45, 7) is 9.80. The highest BCUT2D eigenvalue weighted by Crippen LogP contribution is 2.37. The Balaban J connectivity index is 1.67. The van der Waals surface area contributed by atoms with Crippen LogP contribution in [0.5, 0.6) is 0 Å². The second-order valence-corrected chi connectivity index (χ2v) is 11.9. The number of anilines is 2. The van der Waals surface area contributed by atoms with Gasteiger partial charge in [-0.05, 0) is 43.0 Å². The number of thiocarbonyl (C=S) groups is 1. The number of benzene rings is 1. The number of aromatic nitrogens is 1. The van der Waals surface area contributed by atoms with Crippen molar-refractivity contribution in [1.29, 1.82) is 5.26 Å². The van der Waals surface area contributed by atoms with E-state index in [-0.39, 0.29) is 17.0 Å². The van der Waals surface area contributed by atoms with Crippen LogP contribution in [0, 0.1) is 24.2 Å². The van der Waals surface area contributed by atoms with E-state index in [9.17, 15) is 14.9 Å². The van der Waals surface area contributed by atoms with E-state index in [4.69, 9.17) is 12.2 Å². The van der Waals surface area contributed by atoms with E-state index in [0.717, 1.165) is 50.2 Å². The lowest BCUT2D eigenvalue weighted by Gasteiger charge is -2.38. The van der Waals surface area contributed by atoms with Crippen LogP contribution in [0.25, 0.3) is 6.08 Å². The highest BCUT2D eigenvalue weighted by molar-refractivity contribution is 8.26. The summed E-state index contributed by atoms with van der Waals surface area (Å²) in [5, 5.41) is 9.80. The van der Waals surface area contributed by atoms with Crippen molar-refractivity contribution in [3.05, 3.63) is 62.3 Å². The molecule has 9 heteroatoms. The lowest BCUT2D eigenvalue weighted by Crippen LogP contribution is -2.48. The van der Waals surface area contributed by atoms with Crippen molar-refractivity contribution in [3.63, 3.8) is 0 Å². The van der Waals surface area contributed by atoms with Gasteiger partial charge >= 0.3 is 0 Å². The van der Waals surface area contributed by atoms with Gasteiger partial charge in [0.25, 0.3) is 11.5 Å². The average molecular weight is 564 g/mol. The smallest absolute Gasteiger partial charge is 0.270 e. The average Bonchev–Trinajstić information content (AvgIpc) is 3.22. The molecule has 1 aromatic heterocycles. The van der Waals surface area contributed by atoms with Gasteiger partial charge in [0.2, 0.25) is 0 Å². The van der Waals surface area contributed by atoms with Gasteiger partial charge in [-0.2, -0.15) is 5.26 Å². The molecule has 2 aromatic rings. The summed E-state index contributed by atoms with van der Waals surface area (Å²) in [6.07, 6.45) is 6.19. The topological polar surface area (TPSA) is 72.6 Å². The fourth-order valence-corrected chi connectivity index (χ4v) is 6.63. The maximum Gasteiger partial charge on any atom is 0.270 e. The number of carbonyl (C=O) groups is 1. The number of piperazine rings is 1. The molecule has 0 saturated carbocycles. The SMILES string of the molecule is CCCCC(CC)CN1C(=O)/C(=C\c2c(C)c(C#N)c(=O)n(C)c2N2CCN(c3ccccc3)CC2)SC1=S. The van der Waals surface area contributed by atoms with Gasteiger partial charge in [-0.15, -0.1) is 0 Å². The fourth-order valence-electron chi connectivity index (χ4n) is 5.37. The van der Waals surface area contributed by atoms with Crippen LogP contribution < -0.4 is 15.4 Å². The molecule has 0 N–H and O–H groups in total. The number of hydrogen-bond acceptors (Lipinski definition) is 7. The molecule has 1 atom stereocenters. The molecular formula is C30H37N5O2S2. The first-order valence-electron chi connectivity index (χ1n) is 13.7. The minimum atomic E-state index is -0.318. The van der Waals surface area contributed by atoms with Crippen LogP contribution in [0.3, 0.4) is 0 Å². The molecule has 1 unspecified atom stereocenters. The van der Waals surface area contributed by atoms with Gasteiger partial charge in [-0.1, -0.05) is 75.3 Å². The van der Waals surface area contributed by atoms with Crippen molar-refractivity contribution in [3.8, 4) is 6.07 Å². The standard InChI is InChI=1S/C30H37N5O2S2/c1-5-7-11-22(6-2)20-35-29(37)26(39-30(35)38)18-24-21(3)25(19-31)28(36)32(4)27(24)34-16-14-33(15-17-34)23-12-9-8-10-13-23/h8-10,12-13,18,22H,5-7,11,14-17,20H2,1-4H3/b26-18+. The van der Waals surface area contributed by atoms with E-state index in [0.29, 0.717) is 40.3 Å². The number of thioether (sulfide) groups is 1. The molecule has 2 aliphatic rings. The highest BCUT2D eigenvalue weighted by Gasteiger charge is 2.34. The summed E-state index contributed by atoms with van der Waals surface area (Å²) in [5.74, 6) is 1.06. The monoisotopic (exact) mass is 563 g/mol. The zero-order chi connectivity index (χ0) is 28.1. The molecule has 2 saturated heterocycles. The number of pyridine rings is 1. The van der Waals surface area contributed by atoms with Gasteiger partial charge < -0.3 is 9.80 Å². The number of amides is 1. The molecule has 39 heavy (non-hydrogen) atoms. The summed E-state index contributed by atoms with van der Waals surface area (Å²) in [4.78, 5) is 33.5. The van der Waals surface area contributed by atoms with Gasteiger partial charge in [0.1, 0.15) is 21.8 Å². The number of para-hydroxylation sites is 1. The number of rotatable bonds is 9. The molecule has 0 radical (unpaired) electrons. The Morgan fingerprint density at radius 3 is 2.38 bits per heavy atom. The van der Waals surface area contributed by atoms with Crippen molar-refractivity contribution >= 4 is 51.8 Å². The first-order valence-corrected chi connectivity index (χ1v) is 15.0. The van der Waals surface area contributed by atoms with Crippen molar-refractivity contribution in [2.75, 3.05) is 42.5 Å². The molecule has 1 aromatic carbocycles. The van der Waals surface area contributed by atoms with Crippen LogP contribution in [0.1, 0.15) is 56.2 Å². The molecule has 4 rings (SSSR count). The molecule has 1 amide bonds. The maximum atomic E-state index is 13.5. The third kappa shape index (κ3) is 6.07. The molecule has 206 valence electrons. The van der Waals surface area contributed by atoms with E-state index in [1.165, 1.54) is 17.4 Å². The normalized spacial score (nSPS) is 17.7. The summed E-state index contributed by atoms with van der Waals surface area (Å²) in [6, 6.07) is 12.4. The van der Waals surface area contributed by atoms with E-state index in [1.807, 2.05) is 24.3 Å². The number of nitriles is 1. The Kier molecular flexibility index (Phi) is 9.52. The summed E-state index contributed by atoms with van der Waals surface area (Å²) < 4.78 is 2.14. The number of hydrogen-bond donors (Lipinski definition) is 0. The van der Waals surface area contributed by atoms with E-state index >= 15 is 0 Å². The van der Waals surface area contributed by atoms with Gasteiger partial charge in [0.15, 0.2) is 0 Å². The van der Waals surface area contributed by atoms with Crippen LogP contribution >= 0.6 is 24.0 Å². The van der Waals surface area contributed by atoms with Crippen LogP contribution in [-0.2, 0) is 11.8 Å². The first kappa shape index (κ1) is 28.9. The largest absolute Gasteiger partial charge is 0.368 e. The second kappa shape index (κ2) is 12.8. The Morgan fingerprint density at radius 2 is 1.77 bits per heavy atom. The third-order valence-electron chi connectivity index (χ3n) is 7.80. The number of carbonyl (C=O) groups excluding carboxylic acids is 1. The highest BCUT2D eigenvalue weighted by atomic mass is 32.2. The van der Waals surface area contributed by atoms with Gasteiger partial charge in [-0.25, -0.2) is 0 Å². The molecule has 0 aliphatic carbocycles. The Morgan fingerprint density at radius 1 is 1.10 bits per heavy atom. The summed E-state index contributed by atoms with van der Waals surface area (Å²) >= 11 is 6.95. The summed E-state index contributed by atoms with van der Waals surface area (Å²) in [5.41, 5.74) is 2.30. The molecule has 2 aliphatic heterocycles. The van der Waals surface area contributed by atoms with Crippen molar-refractivity contribution in [1.82, 2.24) is 9.47 Å². The van der Waals surface area contributed by atoms with Gasteiger partial charge in [0.05, 0.1) is 4.91 Å². The Labute approximate surface area is 241 Å². The maximum absolute atomic E-state index is 13.5. The van der Waals surface area contributed by atoms with Crippen LogP contribution in [-0.4, -0.2) is 52.4 Å². The minimum absolute atomic E-state index is 0.0912. The number of nitrogens with zero attached hydrogens (tertiary/aromatic N) is 5. The van der Waals surface area contributed by atoms with E-state index in [2.05, 4.69) is 41.8 Å². The van der Waals surface area contributed by atoms with Crippen molar-refractivity contribution < 1.29 is 4.79 Å². The zero-order valence-corrected chi connectivity index (χ0v) is 24.9. The molecule has 0 spiro atoms. The quantitative estimate of drug-likeness (QED) is 0.302. The molecular weight excluding hydrogens is 526 g/mol. The van der Waals surface area contributed by atoms with Crippen molar-refractivity contribution in [2.24, 2.45) is 13.0 Å². The fraction of sp³-hybridized carbons (Fsp3) is 0.467. The van der Waals surface area contributed by atoms with E-state index in [1.54, 1.807) is 23.4 Å². The van der Waals surface area contributed by atoms with Crippen LogP contribution in [0.4, 0.5) is 11.5 Å². The third-order valence-corrected chi connectivity index (χ3v) is 9.18. The molecule has 7 nitrogen and oxygen atoms in total.